The Morgan fingerprint density at radius 1 is 1.22 bits per heavy atom. The highest BCUT2D eigenvalue weighted by Gasteiger charge is 2.23. The molecule has 1 saturated carbocycles. The van der Waals surface area contributed by atoms with Crippen molar-refractivity contribution in [3.05, 3.63) is 28.8 Å². The summed E-state index contributed by atoms with van der Waals surface area (Å²) in [5.41, 5.74) is 0.889. The summed E-state index contributed by atoms with van der Waals surface area (Å²) in [7, 11) is 0. The fraction of sp³-hybridized carbons (Fsp3) is 0.684. The van der Waals surface area contributed by atoms with Gasteiger partial charge in [-0.1, -0.05) is 24.6 Å². The third kappa shape index (κ3) is 4.40. The molecule has 0 amide bonds. The maximum absolute atomic E-state index is 10.6. The first-order valence-electron chi connectivity index (χ1n) is 9.00. The Kier molecular flexibility index (Phi) is 5.84. The van der Waals surface area contributed by atoms with Crippen LogP contribution in [0.2, 0.25) is 5.02 Å². The van der Waals surface area contributed by atoms with Gasteiger partial charge in [-0.15, -0.1) is 0 Å². The summed E-state index contributed by atoms with van der Waals surface area (Å²) in [5, 5.41) is 11.2. The van der Waals surface area contributed by atoms with Crippen LogP contribution in [0.3, 0.4) is 0 Å². The lowest BCUT2D eigenvalue weighted by molar-refractivity contribution is 0.0945. The first kappa shape index (κ1) is 17.1. The van der Waals surface area contributed by atoms with E-state index in [0.29, 0.717) is 11.1 Å². The highest BCUT2D eigenvalue weighted by molar-refractivity contribution is 6.32. The largest absolute Gasteiger partial charge is 0.489 e. The third-order valence-electron chi connectivity index (χ3n) is 5.18. The van der Waals surface area contributed by atoms with Crippen LogP contribution in [-0.4, -0.2) is 35.7 Å². The Balaban J connectivity index is 1.61. The van der Waals surface area contributed by atoms with Gasteiger partial charge in [-0.25, -0.2) is 0 Å². The van der Waals surface area contributed by atoms with E-state index in [1.165, 1.54) is 25.7 Å². The Labute approximate surface area is 144 Å². The molecule has 2 atom stereocenters. The van der Waals surface area contributed by atoms with Gasteiger partial charge in [0.25, 0.3) is 0 Å². The van der Waals surface area contributed by atoms with E-state index in [0.717, 1.165) is 43.8 Å². The molecule has 0 spiro atoms. The molecule has 128 valence electrons. The van der Waals surface area contributed by atoms with E-state index in [1.54, 1.807) is 0 Å². The van der Waals surface area contributed by atoms with Crippen LogP contribution in [0.5, 0.6) is 5.75 Å². The van der Waals surface area contributed by atoms with Crippen molar-refractivity contribution in [3.63, 3.8) is 0 Å². The predicted molar refractivity (Wildman–Crippen MR) is 94.1 cm³/mol. The lowest BCUT2D eigenvalue weighted by Crippen LogP contribution is -2.28. The summed E-state index contributed by atoms with van der Waals surface area (Å²) in [5.74, 6) is 0.951. The molecule has 23 heavy (non-hydrogen) atoms. The molecule has 1 aromatic rings. The molecule has 0 unspecified atom stereocenters. The zero-order valence-electron chi connectivity index (χ0n) is 14.0. The molecule has 0 aromatic heterocycles. The summed E-state index contributed by atoms with van der Waals surface area (Å²) in [6.45, 7) is 5.37. The van der Waals surface area contributed by atoms with Gasteiger partial charge in [0.15, 0.2) is 0 Å². The normalized spacial score (nSPS) is 22.4. The average molecular weight is 338 g/mol. The highest BCUT2D eigenvalue weighted by Crippen LogP contribution is 2.33. The van der Waals surface area contributed by atoms with Gasteiger partial charge < -0.3 is 14.7 Å². The van der Waals surface area contributed by atoms with Crippen LogP contribution >= 0.6 is 11.6 Å². The molecule has 1 aliphatic carbocycles. The molecular weight excluding hydrogens is 310 g/mol. The maximum atomic E-state index is 10.6. The highest BCUT2D eigenvalue weighted by atomic mass is 35.5. The van der Waals surface area contributed by atoms with Gasteiger partial charge in [0.2, 0.25) is 0 Å². The molecule has 2 fully saturated rings. The quantitative estimate of drug-likeness (QED) is 0.833. The average Bonchev–Trinajstić information content (AvgIpc) is 3.22. The Bertz CT molecular complexity index is 510. The molecule has 0 bridgehead atoms. The number of halogens is 1. The van der Waals surface area contributed by atoms with Gasteiger partial charge >= 0.3 is 0 Å². The van der Waals surface area contributed by atoms with E-state index in [9.17, 15) is 5.11 Å². The van der Waals surface area contributed by atoms with Crippen LogP contribution < -0.4 is 4.74 Å². The minimum atomic E-state index is -0.478. The molecular formula is C19H28ClNO2. The van der Waals surface area contributed by atoms with E-state index in [1.807, 2.05) is 18.2 Å². The molecule has 1 N–H and O–H groups in total. The van der Waals surface area contributed by atoms with Gasteiger partial charge in [-0.3, -0.25) is 0 Å². The minimum Gasteiger partial charge on any atom is -0.489 e. The summed E-state index contributed by atoms with van der Waals surface area (Å²) in [6.07, 6.45) is 7.11. The Hall–Kier alpha value is -0.770. The second kappa shape index (κ2) is 7.87. The number of hydrogen-bond acceptors (Lipinski definition) is 3. The van der Waals surface area contributed by atoms with Crippen molar-refractivity contribution in [2.45, 2.75) is 57.7 Å². The SMILES string of the molecule is C[C@H](CN1CCCC1)[C@H](O)c1ccc(OC2CCCC2)c(Cl)c1. The number of likely N-dealkylation sites (tertiary alicyclic amines) is 1. The van der Waals surface area contributed by atoms with Crippen molar-refractivity contribution < 1.29 is 9.84 Å². The summed E-state index contributed by atoms with van der Waals surface area (Å²) in [4.78, 5) is 2.44. The molecule has 1 aromatic carbocycles. The van der Waals surface area contributed by atoms with E-state index < -0.39 is 6.10 Å². The van der Waals surface area contributed by atoms with Gasteiger partial charge in [0.1, 0.15) is 5.75 Å². The predicted octanol–water partition coefficient (Wildman–Crippen LogP) is 4.43. The molecule has 2 aliphatic rings. The van der Waals surface area contributed by atoms with Gasteiger partial charge in [-0.2, -0.15) is 0 Å². The number of rotatable bonds is 6. The lowest BCUT2D eigenvalue weighted by Gasteiger charge is -2.25. The molecule has 1 heterocycles. The zero-order chi connectivity index (χ0) is 16.2. The van der Waals surface area contributed by atoms with E-state index in [-0.39, 0.29) is 5.92 Å². The van der Waals surface area contributed by atoms with Crippen LogP contribution in [-0.2, 0) is 0 Å². The first-order valence-corrected chi connectivity index (χ1v) is 9.38. The Morgan fingerprint density at radius 2 is 1.91 bits per heavy atom. The van der Waals surface area contributed by atoms with Crippen LogP contribution in [0, 0.1) is 5.92 Å². The van der Waals surface area contributed by atoms with Crippen molar-refractivity contribution in [2.24, 2.45) is 5.92 Å². The van der Waals surface area contributed by atoms with Crippen LogP contribution in [0.15, 0.2) is 18.2 Å². The van der Waals surface area contributed by atoms with Crippen molar-refractivity contribution in [1.29, 1.82) is 0 Å². The van der Waals surface area contributed by atoms with Crippen LogP contribution in [0.1, 0.15) is 57.1 Å². The van der Waals surface area contributed by atoms with Crippen molar-refractivity contribution in [2.75, 3.05) is 19.6 Å². The third-order valence-corrected chi connectivity index (χ3v) is 5.47. The molecule has 1 saturated heterocycles. The van der Waals surface area contributed by atoms with Gasteiger partial charge in [-0.05, 0) is 75.2 Å². The molecule has 3 rings (SSSR count). The fourth-order valence-electron chi connectivity index (χ4n) is 3.78. The number of nitrogens with zero attached hydrogens (tertiary/aromatic N) is 1. The van der Waals surface area contributed by atoms with Gasteiger partial charge in [0, 0.05) is 6.54 Å². The summed E-state index contributed by atoms with van der Waals surface area (Å²) < 4.78 is 5.99. The minimum absolute atomic E-state index is 0.200. The topological polar surface area (TPSA) is 32.7 Å². The summed E-state index contributed by atoms with van der Waals surface area (Å²) >= 11 is 6.38. The second-order valence-electron chi connectivity index (χ2n) is 7.14. The number of aliphatic hydroxyl groups excluding tert-OH is 1. The van der Waals surface area contributed by atoms with E-state index in [4.69, 9.17) is 16.3 Å². The number of benzene rings is 1. The number of ether oxygens (including phenoxy) is 1. The monoisotopic (exact) mass is 337 g/mol. The van der Waals surface area contributed by atoms with Crippen molar-refractivity contribution in [1.82, 2.24) is 4.90 Å². The smallest absolute Gasteiger partial charge is 0.138 e. The number of hydrogen-bond donors (Lipinski definition) is 1. The van der Waals surface area contributed by atoms with E-state index >= 15 is 0 Å². The molecule has 1 aliphatic heterocycles. The first-order chi connectivity index (χ1) is 11.1. The summed E-state index contributed by atoms with van der Waals surface area (Å²) in [6, 6.07) is 5.75. The number of aliphatic hydroxyl groups is 1. The molecule has 0 radical (unpaired) electrons. The standard InChI is InChI=1S/C19H28ClNO2/c1-14(13-21-10-4-5-11-21)19(22)15-8-9-18(17(20)12-15)23-16-6-2-3-7-16/h8-9,12,14,16,19,22H,2-7,10-11,13H2,1H3/t14-,19+/m1/s1. The zero-order valence-corrected chi connectivity index (χ0v) is 14.8. The van der Waals surface area contributed by atoms with Crippen molar-refractivity contribution in [3.8, 4) is 5.75 Å². The van der Waals surface area contributed by atoms with Gasteiger partial charge in [0.05, 0.1) is 17.2 Å². The molecule has 3 nitrogen and oxygen atoms in total. The van der Waals surface area contributed by atoms with E-state index in [2.05, 4.69) is 11.8 Å². The fourth-order valence-corrected chi connectivity index (χ4v) is 4.02. The maximum Gasteiger partial charge on any atom is 0.138 e. The Morgan fingerprint density at radius 3 is 2.57 bits per heavy atom. The lowest BCUT2D eigenvalue weighted by atomic mass is 9.97. The molecule has 4 heteroatoms. The second-order valence-corrected chi connectivity index (χ2v) is 7.55. The van der Waals surface area contributed by atoms with Crippen molar-refractivity contribution >= 4 is 11.6 Å². The van der Waals surface area contributed by atoms with Crippen LogP contribution in [0.25, 0.3) is 0 Å². The van der Waals surface area contributed by atoms with Crippen LogP contribution in [0.4, 0.5) is 0 Å².